The van der Waals surface area contributed by atoms with Crippen LogP contribution in [-0.2, 0) is 5.41 Å². The van der Waals surface area contributed by atoms with E-state index in [1.807, 2.05) is 0 Å². The van der Waals surface area contributed by atoms with E-state index in [0.717, 1.165) is 11.1 Å². The van der Waals surface area contributed by atoms with Gasteiger partial charge < -0.3 is 0 Å². The molecule has 0 heteroatoms. The number of hydrogen-bond acceptors (Lipinski definition) is 0. The van der Waals surface area contributed by atoms with E-state index in [1.54, 1.807) is 0 Å². The normalized spacial score (nSPS) is 11.1. The Labute approximate surface area is 167 Å². The molecular formula is C28H24. The van der Waals surface area contributed by atoms with E-state index in [0.29, 0.717) is 0 Å². The lowest BCUT2D eigenvalue weighted by molar-refractivity contribution is 0.590. The second kappa shape index (κ2) is 7.37. The van der Waals surface area contributed by atoms with Crippen LogP contribution in [0, 0.1) is 11.8 Å². The highest BCUT2D eigenvalue weighted by Gasteiger charge is 2.12. The van der Waals surface area contributed by atoms with Crippen LogP contribution in [0.4, 0.5) is 0 Å². The maximum Gasteiger partial charge on any atom is 0.0327 e. The zero-order valence-electron chi connectivity index (χ0n) is 16.7. The highest BCUT2D eigenvalue weighted by molar-refractivity contribution is 5.88. The Morgan fingerprint density at radius 1 is 0.607 bits per heavy atom. The Hall–Kier alpha value is -3.30. The van der Waals surface area contributed by atoms with Gasteiger partial charge in [0.1, 0.15) is 0 Å². The molecule has 0 nitrogen and oxygen atoms in total. The molecule has 0 aliphatic carbocycles. The number of fused-ring (bicyclic) bond motifs is 1. The van der Waals surface area contributed by atoms with Crippen molar-refractivity contribution in [2.45, 2.75) is 26.2 Å². The Kier molecular flexibility index (Phi) is 4.76. The molecule has 4 aromatic rings. The van der Waals surface area contributed by atoms with Crippen LogP contribution < -0.4 is 0 Å². The van der Waals surface area contributed by atoms with Gasteiger partial charge in [0, 0.05) is 11.1 Å². The SMILES string of the molecule is CC(C)(C)c1ccc(C#Cc2ccccc2-c2ccc3ccccc3c2)cc1. The Morgan fingerprint density at radius 2 is 1.29 bits per heavy atom. The summed E-state index contributed by atoms with van der Waals surface area (Å²) in [7, 11) is 0. The van der Waals surface area contributed by atoms with Crippen molar-refractivity contribution in [1.29, 1.82) is 0 Å². The third kappa shape index (κ3) is 3.85. The third-order valence-electron chi connectivity index (χ3n) is 5.08. The third-order valence-corrected chi connectivity index (χ3v) is 5.08. The minimum Gasteiger partial charge on any atom is -0.0616 e. The summed E-state index contributed by atoms with van der Waals surface area (Å²) in [5, 5.41) is 2.51. The van der Waals surface area contributed by atoms with Crippen LogP contribution >= 0.6 is 0 Å². The molecule has 136 valence electrons. The molecule has 0 N–H and O–H groups in total. The van der Waals surface area contributed by atoms with Crippen LogP contribution in [0.2, 0.25) is 0 Å². The van der Waals surface area contributed by atoms with Gasteiger partial charge in [0.15, 0.2) is 0 Å². The molecule has 0 spiro atoms. The largest absolute Gasteiger partial charge is 0.0616 e. The molecule has 0 aromatic heterocycles. The van der Waals surface area contributed by atoms with Gasteiger partial charge in [-0.3, -0.25) is 0 Å². The first-order chi connectivity index (χ1) is 13.5. The molecule has 0 aliphatic rings. The summed E-state index contributed by atoms with van der Waals surface area (Å²) >= 11 is 0. The topological polar surface area (TPSA) is 0 Å². The number of hydrogen-bond donors (Lipinski definition) is 0. The molecule has 0 unspecified atom stereocenters. The molecular weight excluding hydrogens is 336 g/mol. The van der Waals surface area contributed by atoms with Crippen molar-refractivity contribution >= 4 is 10.8 Å². The van der Waals surface area contributed by atoms with Gasteiger partial charge in [0.05, 0.1) is 0 Å². The van der Waals surface area contributed by atoms with Gasteiger partial charge in [-0.25, -0.2) is 0 Å². The molecule has 0 radical (unpaired) electrons. The van der Waals surface area contributed by atoms with E-state index in [-0.39, 0.29) is 5.41 Å². The average Bonchev–Trinajstić information content (AvgIpc) is 2.72. The van der Waals surface area contributed by atoms with E-state index in [2.05, 4.69) is 124 Å². The van der Waals surface area contributed by atoms with Gasteiger partial charge in [0.25, 0.3) is 0 Å². The van der Waals surface area contributed by atoms with Gasteiger partial charge in [-0.05, 0) is 57.1 Å². The molecule has 0 aliphatic heterocycles. The van der Waals surface area contributed by atoms with Crippen molar-refractivity contribution in [3.63, 3.8) is 0 Å². The minimum atomic E-state index is 0.161. The van der Waals surface area contributed by atoms with Crippen molar-refractivity contribution in [3.05, 3.63) is 108 Å². The first kappa shape index (κ1) is 18.1. The zero-order valence-corrected chi connectivity index (χ0v) is 16.7. The summed E-state index contributed by atoms with van der Waals surface area (Å²) in [5.74, 6) is 6.72. The molecule has 0 saturated carbocycles. The summed E-state index contributed by atoms with van der Waals surface area (Å²) < 4.78 is 0. The molecule has 0 bridgehead atoms. The van der Waals surface area contributed by atoms with E-state index < -0.39 is 0 Å². The Balaban J connectivity index is 1.70. The maximum atomic E-state index is 3.38. The molecule has 0 saturated heterocycles. The molecule has 4 aromatic carbocycles. The van der Waals surface area contributed by atoms with E-state index in [4.69, 9.17) is 0 Å². The molecule has 0 fully saturated rings. The fourth-order valence-electron chi connectivity index (χ4n) is 3.39. The standard InChI is InChI=1S/C28H24/c1-28(2,3)26-18-13-21(14-19-26)12-15-23-9-6-7-11-27(23)25-17-16-22-8-4-5-10-24(22)20-25/h4-11,13-14,16-20H,1-3H3. The Morgan fingerprint density at radius 3 is 2.04 bits per heavy atom. The first-order valence-corrected chi connectivity index (χ1v) is 9.71. The number of rotatable bonds is 1. The highest BCUT2D eigenvalue weighted by atomic mass is 14.2. The van der Waals surface area contributed by atoms with Crippen LogP contribution in [0.1, 0.15) is 37.5 Å². The van der Waals surface area contributed by atoms with Crippen LogP contribution in [-0.4, -0.2) is 0 Å². The highest BCUT2D eigenvalue weighted by Crippen LogP contribution is 2.27. The quantitative estimate of drug-likeness (QED) is 0.315. The first-order valence-electron chi connectivity index (χ1n) is 9.71. The lowest BCUT2D eigenvalue weighted by atomic mass is 9.87. The molecule has 0 heterocycles. The van der Waals surface area contributed by atoms with Crippen molar-refractivity contribution in [2.75, 3.05) is 0 Å². The molecule has 4 rings (SSSR count). The maximum absolute atomic E-state index is 3.38. The van der Waals surface area contributed by atoms with Crippen molar-refractivity contribution in [2.24, 2.45) is 0 Å². The van der Waals surface area contributed by atoms with Crippen LogP contribution in [0.15, 0.2) is 91.0 Å². The van der Waals surface area contributed by atoms with Gasteiger partial charge in [0.2, 0.25) is 0 Å². The van der Waals surface area contributed by atoms with E-state index in [1.165, 1.54) is 27.5 Å². The van der Waals surface area contributed by atoms with Crippen LogP contribution in [0.25, 0.3) is 21.9 Å². The average molecular weight is 361 g/mol. The predicted molar refractivity (Wildman–Crippen MR) is 121 cm³/mol. The lowest BCUT2D eigenvalue weighted by Gasteiger charge is -2.18. The van der Waals surface area contributed by atoms with Crippen molar-refractivity contribution in [1.82, 2.24) is 0 Å². The minimum absolute atomic E-state index is 0.161. The van der Waals surface area contributed by atoms with Gasteiger partial charge in [-0.15, -0.1) is 0 Å². The molecule has 0 amide bonds. The van der Waals surface area contributed by atoms with Crippen LogP contribution in [0.3, 0.4) is 0 Å². The Bertz CT molecular complexity index is 1180. The fourth-order valence-corrected chi connectivity index (χ4v) is 3.39. The van der Waals surface area contributed by atoms with Gasteiger partial charge >= 0.3 is 0 Å². The second-order valence-corrected chi connectivity index (χ2v) is 8.18. The number of benzene rings is 4. The summed E-state index contributed by atoms with van der Waals surface area (Å²) in [4.78, 5) is 0. The second-order valence-electron chi connectivity index (χ2n) is 8.18. The monoisotopic (exact) mass is 360 g/mol. The summed E-state index contributed by atoms with van der Waals surface area (Å²) in [5.41, 5.74) is 5.96. The summed E-state index contributed by atoms with van der Waals surface area (Å²) in [6, 6.07) is 32.0. The fraction of sp³-hybridized carbons (Fsp3) is 0.143. The van der Waals surface area contributed by atoms with E-state index >= 15 is 0 Å². The summed E-state index contributed by atoms with van der Waals surface area (Å²) in [6.07, 6.45) is 0. The van der Waals surface area contributed by atoms with Gasteiger partial charge in [-0.1, -0.05) is 99.3 Å². The molecule has 28 heavy (non-hydrogen) atoms. The van der Waals surface area contributed by atoms with Crippen molar-refractivity contribution in [3.8, 4) is 23.0 Å². The van der Waals surface area contributed by atoms with Gasteiger partial charge in [-0.2, -0.15) is 0 Å². The van der Waals surface area contributed by atoms with Crippen molar-refractivity contribution < 1.29 is 0 Å². The smallest absolute Gasteiger partial charge is 0.0327 e. The zero-order chi connectivity index (χ0) is 19.6. The van der Waals surface area contributed by atoms with Crippen LogP contribution in [0.5, 0.6) is 0 Å². The van der Waals surface area contributed by atoms with E-state index in [9.17, 15) is 0 Å². The molecule has 0 atom stereocenters. The summed E-state index contributed by atoms with van der Waals surface area (Å²) in [6.45, 7) is 6.69. The lowest BCUT2D eigenvalue weighted by Crippen LogP contribution is -2.10. The predicted octanol–water partition coefficient (Wildman–Crippen LogP) is 7.20.